The first kappa shape index (κ1) is 22.3. The van der Waals surface area contributed by atoms with E-state index in [1.807, 2.05) is 6.92 Å². The van der Waals surface area contributed by atoms with Crippen molar-refractivity contribution in [2.45, 2.75) is 26.4 Å². The minimum Gasteiger partial charge on any atom is -0.493 e. The van der Waals surface area contributed by atoms with Crippen LogP contribution in [0.5, 0.6) is 11.5 Å². The third-order valence-corrected chi connectivity index (χ3v) is 4.83. The van der Waals surface area contributed by atoms with E-state index in [2.05, 4.69) is 0 Å². The molecule has 2 amide bonds. The van der Waals surface area contributed by atoms with Gasteiger partial charge in [0.15, 0.2) is 18.1 Å². The van der Waals surface area contributed by atoms with Gasteiger partial charge in [0.1, 0.15) is 6.54 Å². The second-order valence-electron chi connectivity index (χ2n) is 6.04. The zero-order valence-corrected chi connectivity index (χ0v) is 17.0. The van der Waals surface area contributed by atoms with E-state index in [9.17, 15) is 19.2 Å². The topological polar surface area (TPSA) is 119 Å². The average Bonchev–Trinajstić information content (AvgIpc) is 2.93. The molecule has 1 aliphatic rings. The molecule has 0 bridgehead atoms. The van der Waals surface area contributed by atoms with Crippen molar-refractivity contribution in [2.75, 3.05) is 20.3 Å². The van der Waals surface area contributed by atoms with Crippen LogP contribution in [0.1, 0.15) is 25.8 Å². The number of nitrogens with zero attached hydrogens (tertiary/aromatic N) is 1. The van der Waals surface area contributed by atoms with Gasteiger partial charge in [0.05, 0.1) is 18.1 Å². The smallest absolute Gasteiger partial charge is 0.341 e. The molecule has 0 aliphatic carbocycles. The molecule has 0 aromatic heterocycles. The number of carbonyl (C=O) groups is 4. The maximum Gasteiger partial charge on any atom is 0.341 e. The monoisotopic (exact) mass is 423 g/mol. The van der Waals surface area contributed by atoms with Crippen LogP contribution < -0.4 is 9.47 Å². The lowest BCUT2D eigenvalue weighted by Crippen LogP contribution is -2.35. The molecule has 1 heterocycles. The number of thioether (sulfide) groups is 1. The number of imide groups is 1. The van der Waals surface area contributed by atoms with E-state index in [1.165, 1.54) is 13.2 Å². The van der Waals surface area contributed by atoms with Gasteiger partial charge in [0.2, 0.25) is 0 Å². The fourth-order valence-corrected chi connectivity index (χ4v) is 3.18. The first-order valence-corrected chi connectivity index (χ1v) is 9.54. The maximum absolute atomic E-state index is 12.6. The molecule has 1 aromatic carbocycles. The first-order chi connectivity index (χ1) is 13.8. The lowest BCUT2D eigenvalue weighted by Gasteiger charge is -2.15. The van der Waals surface area contributed by atoms with Gasteiger partial charge in [-0.1, -0.05) is 19.1 Å². The Morgan fingerprint density at radius 1 is 1.31 bits per heavy atom. The molecule has 1 aliphatic heterocycles. The van der Waals surface area contributed by atoms with Gasteiger partial charge < -0.3 is 19.3 Å². The Morgan fingerprint density at radius 3 is 2.66 bits per heavy atom. The average molecular weight is 423 g/mol. The Balaban J connectivity index is 2.25. The van der Waals surface area contributed by atoms with Crippen molar-refractivity contribution >= 4 is 40.9 Å². The fraction of sp³-hybridized carbons (Fsp3) is 0.368. The molecule has 0 saturated carbocycles. The van der Waals surface area contributed by atoms with Crippen molar-refractivity contribution in [1.82, 2.24) is 4.90 Å². The quantitative estimate of drug-likeness (QED) is 0.472. The predicted octanol–water partition coefficient (Wildman–Crippen LogP) is 2.54. The van der Waals surface area contributed by atoms with Crippen LogP contribution in [0, 0.1) is 0 Å². The highest BCUT2D eigenvalue weighted by Crippen LogP contribution is 2.37. The summed E-state index contributed by atoms with van der Waals surface area (Å²) in [5.74, 6) is -2.10. The van der Waals surface area contributed by atoms with Gasteiger partial charge >= 0.3 is 11.9 Å². The molecule has 0 spiro atoms. The molecule has 1 aromatic rings. The summed E-state index contributed by atoms with van der Waals surface area (Å²) in [6.07, 6.45) is 1.69. The number of carbonyl (C=O) groups excluding carboxylic acids is 3. The van der Waals surface area contributed by atoms with Gasteiger partial charge in [-0.15, -0.1) is 0 Å². The summed E-state index contributed by atoms with van der Waals surface area (Å²) < 4.78 is 15.6. The molecule has 1 N–H and O–H groups in total. The Bertz CT molecular complexity index is 851. The lowest BCUT2D eigenvalue weighted by atomic mass is 10.1. The summed E-state index contributed by atoms with van der Waals surface area (Å²) in [5, 5.41) is 8.26. The van der Waals surface area contributed by atoms with Gasteiger partial charge in [0.25, 0.3) is 11.1 Å². The van der Waals surface area contributed by atoms with Gasteiger partial charge in [-0.3, -0.25) is 19.3 Å². The highest BCUT2D eigenvalue weighted by Gasteiger charge is 2.37. The first-order valence-electron chi connectivity index (χ1n) is 8.73. The fourth-order valence-electron chi connectivity index (χ4n) is 2.35. The number of amides is 2. The number of rotatable bonds is 9. The van der Waals surface area contributed by atoms with E-state index >= 15 is 0 Å². The molecule has 1 saturated heterocycles. The van der Waals surface area contributed by atoms with Crippen LogP contribution in [0.15, 0.2) is 23.1 Å². The third-order valence-electron chi connectivity index (χ3n) is 3.92. The summed E-state index contributed by atoms with van der Waals surface area (Å²) in [5.41, 5.74) is 0.360. The molecule has 9 nitrogen and oxygen atoms in total. The zero-order valence-electron chi connectivity index (χ0n) is 16.2. The predicted molar refractivity (Wildman–Crippen MR) is 105 cm³/mol. The van der Waals surface area contributed by atoms with E-state index in [4.69, 9.17) is 19.3 Å². The molecule has 0 radical (unpaired) electrons. The number of esters is 1. The summed E-state index contributed by atoms with van der Waals surface area (Å²) in [6, 6.07) is 4.79. The molecular formula is C19H21NO8S. The van der Waals surface area contributed by atoms with Gasteiger partial charge in [-0.2, -0.15) is 0 Å². The third kappa shape index (κ3) is 5.74. The number of carboxylic acid groups (broad SMARTS) is 1. The van der Waals surface area contributed by atoms with Crippen molar-refractivity contribution in [3.63, 3.8) is 0 Å². The minimum atomic E-state index is -1.18. The number of aliphatic carboxylic acids is 1. The highest BCUT2D eigenvalue weighted by atomic mass is 32.2. The second kappa shape index (κ2) is 9.97. The molecule has 10 heteroatoms. The van der Waals surface area contributed by atoms with E-state index in [-0.39, 0.29) is 22.5 Å². The molecule has 0 unspecified atom stereocenters. The molecule has 156 valence electrons. The molecule has 1 atom stereocenters. The number of hydrogen-bond acceptors (Lipinski definition) is 8. The number of methoxy groups -OCH3 is 1. The van der Waals surface area contributed by atoms with E-state index in [0.29, 0.717) is 23.7 Å². The van der Waals surface area contributed by atoms with Crippen LogP contribution >= 0.6 is 11.8 Å². The SMILES string of the molecule is CC[C@H](C)OC(=O)CN1C(=O)S/C(=C/c2cccc(OC)c2OCC(=O)O)C1=O. The van der Waals surface area contributed by atoms with Crippen LogP contribution in [0.3, 0.4) is 0 Å². The summed E-state index contributed by atoms with van der Waals surface area (Å²) in [6.45, 7) is 2.48. The largest absolute Gasteiger partial charge is 0.493 e. The van der Waals surface area contributed by atoms with Crippen LogP contribution in [0.4, 0.5) is 4.79 Å². The Hall–Kier alpha value is -3.01. The van der Waals surface area contributed by atoms with Gasteiger partial charge in [-0.05, 0) is 37.2 Å². The normalized spacial score (nSPS) is 16.1. The van der Waals surface area contributed by atoms with Crippen LogP contribution in [-0.2, 0) is 19.1 Å². The van der Waals surface area contributed by atoms with Crippen molar-refractivity contribution in [1.29, 1.82) is 0 Å². The van der Waals surface area contributed by atoms with Crippen molar-refractivity contribution in [3.8, 4) is 11.5 Å². The lowest BCUT2D eigenvalue weighted by molar-refractivity contribution is -0.150. The molecular weight excluding hydrogens is 402 g/mol. The van der Waals surface area contributed by atoms with Crippen molar-refractivity contribution in [3.05, 3.63) is 28.7 Å². The Labute approximate surface area is 171 Å². The highest BCUT2D eigenvalue weighted by molar-refractivity contribution is 8.18. The second-order valence-corrected chi connectivity index (χ2v) is 7.03. The Morgan fingerprint density at radius 2 is 2.03 bits per heavy atom. The number of carboxylic acids is 1. The molecule has 2 rings (SSSR count). The van der Waals surface area contributed by atoms with E-state index in [0.717, 1.165) is 4.90 Å². The van der Waals surface area contributed by atoms with Crippen molar-refractivity contribution < 1.29 is 38.5 Å². The number of benzene rings is 1. The van der Waals surface area contributed by atoms with Crippen molar-refractivity contribution in [2.24, 2.45) is 0 Å². The summed E-state index contributed by atoms with van der Waals surface area (Å²) in [4.78, 5) is 48.4. The van der Waals surface area contributed by atoms with E-state index in [1.54, 1.807) is 25.1 Å². The number of ether oxygens (including phenoxy) is 3. The summed E-state index contributed by atoms with van der Waals surface area (Å²) >= 11 is 0.668. The number of para-hydroxylation sites is 1. The Kier molecular flexibility index (Phi) is 7.66. The molecule has 1 fully saturated rings. The minimum absolute atomic E-state index is 0.0692. The van der Waals surface area contributed by atoms with Crippen LogP contribution in [0.25, 0.3) is 6.08 Å². The number of hydrogen-bond donors (Lipinski definition) is 1. The van der Waals surface area contributed by atoms with E-state index < -0.39 is 36.2 Å². The van der Waals surface area contributed by atoms with Gasteiger partial charge in [0, 0.05) is 5.56 Å². The zero-order chi connectivity index (χ0) is 21.6. The summed E-state index contributed by atoms with van der Waals surface area (Å²) in [7, 11) is 1.39. The van der Waals surface area contributed by atoms with Crippen LogP contribution in [-0.4, -0.2) is 59.5 Å². The van der Waals surface area contributed by atoms with Gasteiger partial charge in [-0.25, -0.2) is 4.79 Å². The van der Waals surface area contributed by atoms with Crippen LogP contribution in [0.2, 0.25) is 0 Å². The maximum atomic E-state index is 12.6. The molecule has 29 heavy (non-hydrogen) atoms. The standard InChI is InChI=1S/C19H21NO8S/c1-4-11(2)28-16(23)9-20-18(24)14(29-19(20)25)8-12-6-5-7-13(26-3)17(12)27-10-15(21)22/h5-8,11H,4,9-10H2,1-3H3,(H,21,22)/b14-8+/t11-/m0/s1.